The van der Waals surface area contributed by atoms with Gasteiger partial charge in [-0.25, -0.2) is 4.98 Å². The van der Waals surface area contributed by atoms with Gasteiger partial charge in [-0.15, -0.1) is 22.7 Å². The summed E-state index contributed by atoms with van der Waals surface area (Å²) in [4.78, 5) is 17.2. The molecule has 24 heavy (non-hydrogen) atoms. The van der Waals surface area contributed by atoms with E-state index < -0.39 is 0 Å². The number of nitrogens with one attached hydrogen (secondary N) is 2. The van der Waals surface area contributed by atoms with Crippen LogP contribution in [0.1, 0.15) is 14.7 Å². The molecule has 0 spiro atoms. The molecule has 0 radical (unpaired) electrons. The number of amides is 1. The largest absolute Gasteiger partial charge is 0.509 e. The van der Waals surface area contributed by atoms with E-state index in [2.05, 4.69) is 10.4 Å². The SMILES string of the molecule is N=C1C(c2nc3ccccc3s2)=C(O)CN1NC(=O)c1cccs1. The topological polar surface area (TPSA) is 89.3 Å². The molecular formula is C16H12N4O2S2. The maximum atomic E-state index is 12.1. The monoisotopic (exact) mass is 356 g/mol. The third kappa shape index (κ3) is 2.45. The lowest BCUT2D eigenvalue weighted by molar-refractivity contribution is 0.0879. The van der Waals surface area contributed by atoms with E-state index in [1.165, 1.54) is 27.7 Å². The average Bonchev–Trinajstić information content (AvgIpc) is 3.27. The van der Waals surface area contributed by atoms with Crippen molar-refractivity contribution in [3.8, 4) is 0 Å². The van der Waals surface area contributed by atoms with Crippen molar-refractivity contribution >= 4 is 50.2 Å². The number of aromatic nitrogens is 1. The summed E-state index contributed by atoms with van der Waals surface area (Å²) in [6.07, 6.45) is 0. The molecular weight excluding hydrogens is 344 g/mol. The van der Waals surface area contributed by atoms with Crippen molar-refractivity contribution in [1.29, 1.82) is 5.41 Å². The zero-order valence-corrected chi connectivity index (χ0v) is 13.9. The van der Waals surface area contributed by atoms with Gasteiger partial charge in [-0.3, -0.25) is 20.6 Å². The van der Waals surface area contributed by atoms with Crippen LogP contribution in [0, 0.1) is 5.41 Å². The number of amidine groups is 1. The van der Waals surface area contributed by atoms with Crippen LogP contribution >= 0.6 is 22.7 Å². The van der Waals surface area contributed by atoms with Crippen LogP contribution in [-0.4, -0.2) is 33.4 Å². The van der Waals surface area contributed by atoms with E-state index in [1.54, 1.807) is 12.1 Å². The molecule has 0 atom stereocenters. The Hall–Kier alpha value is -2.71. The number of carbonyl (C=O) groups excluding carboxylic acids is 1. The summed E-state index contributed by atoms with van der Waals surface area (Å²) in [6.45, 7) is 0.0568. The van der Waals surface area contributed by atoms with Crippen LogP contribution in [0.25, 0.3) is 15.8 Å². The number of rotatable bonds is 3. The number of thiophene rings is 1. The van der Waals surface area contributed by atoms with Crippen LogP contribution in [0.4, 0.5) is 0 Å². The van der Waals surface area contributed by atoms with Gasteiger partial charge in [-0.05, 0) is 23.6 Å². The first-order valence-electron chi connectivity index (χ1n) is 7.12. The fourth-order valence-corrected chi connectivity index (χ4v) is 4.11. The first kappa shape index (κ1) is 14.9. The number of benzene rings is 1. The quantitative estimate of drug-likeness (QED) is 0.672. The van der Waals surface area contributed by atoms with Crippen molar-refractivity contribution in [2.75, 3.05) is 6.54 Å². The van der Waals surface area contributed by atoms with E-state index >= 15 is 0 Å². The standard InChI is InChI=1S/C16H12N4O2S2/c17-14-13(16-18-9-4-1-2-5-11(9)24-16)10(21)8-20(14)19-15(22)12-6-3-7-23-12/h1-7,17,21H,8H2,(H,19,22). The fourth-order valence-electron chi connectivity index (χ4n) is 2.46. The van der Waals surface area contributed by atoms with Gasteiger partial charge in [0, 0.05) is 0 Å². The summed E-state index contributed by atoms with van der Waals surface area (Å²) in [7, 11) is 0. The number of hydrogen-bond donors (Lipinski definition) is 3. The minimum Gasteiger partial charge on any atom is -0.509 e. The lowest BCUT2D eigenvalue weighted by Gasteiger charge is -2.18. The fraction of sp³-hybridized carbons (Fsp3) is 0.0625. The van der Waals surface area contributed by atoms with Gasteiger partial charge in [0.1, 0.15) is 10.8 Å². The lowest BCUT2D eigenvalue weighted by Crippen LogP contribution is -2.43. The second-order valence-corrected chi connectivity index (χ2v) is 7.14. The maximum absolute atomic E-state index is 12.1. The van der Waals surface area contributed by atoms with Crippen molar-refractivity contribution < 1.29 is 9.90 Å². The Morgan fingerprint density at radius 1 is 1.29 bits per heavy atom. The van der Waals surface area contributed by atoms with Gasteiger partial charge in [-0.2, -0.15) is 0 Å². The molecule has 0 unspecified atom stereocenters. The number of aliphatic hydroxyl groups excluding tert-OH is 1. The van der Waals surface area contributed by atoms with Gasteiger partial charge >= 0.3 is 0 Å². The second-order valence-electron chi connectivity index (χ2n) is 5.16. The number of para-hydroxylation sites is 1. The lowest BCUT2D eigenvalue weighted by atomic mass is 10.2. The molecule has 0 saturated heterocycles. The van der Waals surface area contributed by atoms with Crippen molar-refractivity contribution in [2.45, 2.75) is 0 Å². The minimum absolute atomic E-state index is 0.0329. The zero-order valence-electron chi connectivity index (χ0n) is 12.3. The van der Waals surface area contributed by atoms with E-state index in [4.69, 9.17) is 5.41 Å². The molecule has 0 saturated carbocycles. The molecule has 0 fully saturated rings. The van der Waals surface area contributed by atoms with Crippen molar-refractivity contribution in [3.05, 3.63) is 57.4 Å². The maximum Gasteiger partial charge on any atom is 0.279 e. The molecule has 1 aliphatic rings. The van der Waals surface area contributed by atoms with Crippen LogP contribution in [0.2, 0.25) is 0 Å². The summed E-state index contributed by atoms with van der Waals surface area (Å²) in [5.41, 5.74) is 3.84. The highest BCUT2D eigenvalue weighted by Gasteiger charge is 2.31. The van der Waals surface area contributed by atoms with Gasteiger partial charge in [0.25, 0.3) is 5.91 Å². The third-order valence-electron chi connectivity index (χ3n) is 3.59. The zero-order chi connectivity index (χ0) is 16.7. The number of fused-ring (bicyclic) bond motifs is 1. The number of aliphatic hydroxyl groups is 1. The predicted molar refractivity (Wildman–Crippen MR) is 95.4 cm³/mol. The first-order chi connectivity index (χ1) is 11.6. The van der Waals surface area contributed by atoms with Gasteiger partial charge in [-0.1, -0.05) is 18.2 Å². The van der Waals surface area contributed by atoms with Gasteiger partial charge in [0.2, 0.25) is 0 Å². The summed E-state index contributed by atoms with van der Waals surface area (Å²) in [5, 5.41) is 22.3. The third-order valence-corrected chi connectivity index (χ3v) is 5.51. The summed E-state index contributed by atoms with van der Waals surface area (Å²) in [6, 6.07) is 11.2. The normalized spacial score (nSPS) is 14.7. The molecule has 120 valence electrons. The molecule has 3 heterocycles. The van der Waals surface area contributed by atoms with Gasteiger partial charge < -0.3 is 5.11 Å². The Balaban J connectivity index is 1.59. The Labute approximate surface area is 145 Å². The van der Waals surface area contributed by atoms with Gasteiger partial charge in [0.15, 0.2) is 5.84 Å². The second kappa shape index (κ2) is 5.73. The molecule has 0 aliphatic carbocycles. The number of thiazole rings is 1. The molecule has 6 nitrogen and oxygen atoms in total. The van der Waals surface area contributed by atoms with Crippen LogP contribution in [0.15, 0.2) is 47.5 Å². The summed E-state index contributed by atoms with van der Waals surface area (Å²) < 4.78 is 0.988. The highest BCUT2D eigenvalue weighted by atomic mass is 32.1. The van der Waals surface area contributed by atoms with Gasteiger partial charge in [0.05, 0.1) is 27.2 Å². The number of carbonyl (C=O) groups is 1. The number of nitrogens with zero attached hydrogens (tertiary/aromatic N) is 2. The first-order valence-corrected chi connectivity index (χ1v) is 8.82. The van der Waals surface area contributed by atoms with Crippen LogP contribution in [-0.2, 0) is 0 Å². The molecule has 8 heteroatoms. The van der Waals surface area contributed by atoms with E-state index in [9.17, 15) is 9.90 Å². The number of hydrogen-bond acceptors (Lipinski definition) is 6. The molecule has 1 aromatic carbocycles. The van der Waals surface area contributed by atoms with E-state index in [0.29, 0.717) is 15.5 Å². The Morgan fingerprint density at radius 3 is 2.88 bits per heavy atom. The molecule has 2 aromatic heterocycles. The Kier molecular flexibility index (Phi) is 3.55. The predicted octanol–water partition coefficient (Wildman–Crippen LogP) is 3.26. The van der Waals surface area contributed by atoms with Crippen molar-refractivity contribution in [2.24, 2.45) is 0 Å². The smallest absolute Gasteiger partial charge is 0.279 e. The average molecular weight is 356 g/mol. The van der Waals surface area contributed by atoms with Crippen LogP contribution in [0.5, 0.6) is 0 Å². The van der Waals surface area contributed by atoms with E-state index in [1.807, 2.05) is 29.6 Å². The number of hydrazine groups is 1. The van der Waals surface area contributed by atoms with E-state index in [-0.39, 0.29) is 24.0 Å². The van der Waals surface area contributed by atoms with Crippen molar-refractivity contribution in [1.82, 2.24) is 15.4 Å². The van der Waals surface area contributed by atoms with E-state index in [0.717, 1.165) is 10.2 Å². The van der Waals surface area contributed by atoms with Crippen LogP contribution in [0.3, 0.4) is 0 Å². The highest BCUT2D eigenvalue weighted by molar-refractivity contribution is 7.19. The summed E-state index contributed by atoms with van der Waals surface area (Å²) in [5.74, 6) is -0.227. The molecule has 1 aliphatic heterocycles. The van der Waals surface area contributed by atoms with Crippen LogP contribution < -0.4 is 5.43 Å². The molecule has 3 N–H and O–H groups in total. The highest BCUT2D eigenvalue weighted by Crippen LogP contribution is 2.32. The minimum atomic E-state index is -0.298. The molecule has 1 amide bonds. The Morgan fingerprint density at radius 2 is 2.12 bits per heavy atom. The summed E-state index contributed by atoms with van der Waals surface area (Å²) >= 11 is 2.73. The molecule has 3 aromatic rings. The Bertz CT molecular complexity index is 942. The molecule has 0 bridgehead atoms. The van der Waals surface area contributed by atoms with Crippen molar-refractivity contribution in [3.63, 3.8) is 0 Å². The molecule has 4 rings (SSSR count).